The maximum atomic E-state index is 11.3. The average molecular weight is 350 g/mol. The lowest BCUT2D eigenvalue weighted by molar-refractivity contribution is 0.0996. The Morgan fingerprint density at radius 1 is 1.17 bits per heavy atom. The Bertz CT molecular complexity index is 880. The number of rotatable bonds is 4. The molecule has 3 aromatic heterocycles. The van der Waals surface area contributed by atoms with Gasteiger partial charge in [-0.2, -0.15) is 5.10 Å². The molecule has 8 nitrogen and oxygen atoms in total. The van der Waals surface area contributed by atoms with E-state index in [-0.39, 0.29) is 11.5 Å². The fourth-order valence-corrected chi connectivity index (χ4v) is 2.29. The van der Waals surface area contributed by atoms with Crippen molar-refractivity contribution >= 4 is 40.6 Å². The number of hydrogen-bond donors (Lipinski definition) is 2. The molecule has 0 saturated carbocycles. The van der Waals surface area contributed by atoms with Gasteiger partial charge in [0.25, 0.3) is 5.91 Å². The van der Waals surface area contributed by atoms with E-state index in [2.05, 4.69) is 25.4 Å². The number of halogens is 2. The summed E-state index contributed by atoms with van der Waals surface area (Å²) in [6.45, 7) is 0. The molecular formula is C13H9Cl2N7O. The van der Waals surface area contributed by atoms with Crippen molar-refractivity contribution < 1.29 is 4.79 Å². The van der Waals surface area contributed by atoms with Crippen molar-refractivity contribution in [2.45, 2.75) is 0 Å². The summed E-state index contributed by atoms with van der Waals surface area (Å²) in [5.74, 6) is -0.0384. The van der Waals surface area contributed by atoms with E-state index in [1.54, 1.807) is 12.3 Å². The average Bonchev–Trinajstić information content (AvgIpc) is 2.96. The van der Waals surface area contributed by atoms with E-state index in [0.717, 1.165) is 0 Å². The Labute approximate surface area is 140 Å². The third-order valence-corrected chi connectivity index (χ3v) is 3.27. The van der Waals surface area contributed by atoms with Crippen molar-refractivity contribution in [1.29, 1.82) is 0 Å². The van der Waals surface area contributed by atoms with Crippen LogP contribution in [-0.2, 0) is 0 Å². The monoisotopic (exact) mass is 349 g/mol. The molecule has 116 valence electrons. The number of nitrogens with two attached hydrogens (primary N) is 1. The zero-order valence-corrected chi connectivity index (χ0v) is 13.0. The normalized spacial score (nSPS) is 10.5. The van der Waals surface area contributed by atoms with Crippen molar-refractivity contribution in [3.63, 3.8) is 0 Å². The molecule has 3 rings (SSSR count). The van der Waals surface area contributed by atoms with E-state index in [1.807, 2.05) is 0 Å². The maximum Gasteiger partial charge on any atom is 0.271 e. The predicted octanol–water partition coefficient (Wildman–Crippen LogP) is 2.21. The summed E-state index contributed by atoms with van der Waals surface area (Å²) in [7, 11) is 0. The first-order valence-electron chi connectivity index (χ1n) is 6.28. The summed E-state index contributed by atoms with van der Waals surface area (Å²) in [4.78, 5) is 23.4. The number of primary amides is 1. The van der Waals surface area contributed by atoms with Crippen molar-refractivity contribution in [2.24, 2.45) is 5.73 Å². The zero-order valence-electron chi connectivity index (χ0n) is 11.4. The van der Waals surface area contributed by atoms with Crippen LogP contribution in [0.15, 0.2) is 37.1 Å². The summed E-state index contributed by atoms with van der Waals surface area (Å²) in [6, 6.07) is 1.56. The first kappa shape index (κ1) is 15.2. The smallest absolute Gasteiger partial charge is 0.271 e. The minimum atomic E-state index is -0.685. The standard InChI is InChI=1S/C13H9Cl2N7O/c14-7-3-9(15)13(19-4-7)22-6-8(5-20-22)21-12-10(11(16)23)17-1-2-18-12/h1-6H,(H2,16,23)(H,18,21). The van der Waals surface area contributed by atoms with Gasteiger partial charge < -0.3 is 11.1 Å². The van der Waals surface area contributed by atoms with E-state index in [0.29, 0.717) is 21.6 Å². The molecule has 0 aliphatic rings. The van der Waals surface area contributed by atoms with Crippen molar-refractivity contribution in [1.82, 2.24) is 24.7 Å². The molecule has 1 amide bonds. The lowest BCUT2D eigenvalue weighted by Gasteiger charge is -2.05. The molecule has 0 atom stereocenters. The number of nitrogens with zero attached hydrogens (tertiary/aromatic N) is 5. The summed E-state index contributed by atoms with van der Waals surface area (Å²) >= 11 is 11.9. The van der Waals surface area contributed by atoms with Crippen molar-refractivity contribution in [3.8, 4) is 5.82 Å². The summed E-state index contributed by atoms with van der Waals surface area (Å²) < 4.78 is 1.46. The molecule has 0 bridgehead atoms. The van der Waals surface area contributed by atoms with E-state index >= 15 is 0 Å². The molecule has 0 saturated heterocycles. The van der Waals surface area contributed by atoms with Gasteiger partial charge in [0.2, 0.25) is 0 Å². The second-order valence-electron chi connectivity index (χ2n) is 4.38. The van der Waals surface area contributed by atoms with Gasteiger partial charge in [0.05, 0.1) is 28.1 Å². The quantitative estimate of drug-likeness (QED) is 0.746. The molecule has 3 aromatic rings. The van der Waals surface area contributed by atoms with Crippen LogP contribution in [0.1, 0.15) is 10.5 Å². The van der Waals surface area contributed by atoms with Crippen molar-refractivity contribution in [2.75, 3.05) is 5.32 Å². The minimum absolute atomic E-state index is 0.0305. The Kier molecular flexibility index (Phi) is 4.09. The lowest BCUT2D eigenvalue weighted by Crippen LogP contribution is -2.16. The molecular weight excluding hydrogens is 341 g/mol. The van der Waals surface area contributed by atoms with E-state index in [9.17, 15) is 4.79 Å². The van der Waals surface area contributed by atoms with Gasteiger partial charge in [0, 0.05) is 18.6 Å². The zero-order chi connectivity index (χ0) is 16.4. The molecule has 0 unspecified atom stereocenters. The van der Waals surface area contributed by atoms with Crippen molar-refractivity contribution in [3.05, 3.63) is 52.8 Å². The molecule has 0 fully saturated rings. The molecule has 10 heteroatoms. The van der Waals surface area contributed by atoms with Crippen LogP contribution in [-0.4, -0.2) is 30.6 Å². The molecule has 3 heterocycles. The Balaban J connectivity index is 1.90. The number of hydrogen-bond acceptors (Lipinski definition) is 6. The number of aromatic nitrogens is 5. The topological polar surface area (TPSA) is 112 Å². The van der Waals surface area contributed by atoms with Crippen LogP contribution >= 0.6 is 23.2 Å². The highest BCUT2D eigenvalue weighted by Crippen LogP contribution is 2.23. The van der Waals surface area contributed by atoms with E-state index < -0.39 is 5.91 Å². The second kappa shape index (κ2) is 6.19. The number of anilines is 2. The van der Waals surface area contributed by atoms with E-state index in [4.69, 9.17) is 28.9 Å². The maximum absolute atomic E-state index is 11.3. The summed E-state index contributed by atoms with van der Waals surface area (Å²) in [6.07, 6.45) is 7.43. The number of pyridine rings is 1. The summed E-state index contributed by atoms with van der Waals surface area (Å²) in [5, 5.41) is 7.84. The summed E-state index contributed by atoms with van der Waals surface area (Å²) in [5.41, 5.74) is 5.84. The van der Waals surface area contributed by atoms with Gasteiger partial charge in [0.15, 0.2) is 17.3 Å². The van der Waals surface area contributed by atoms with Crippen LogP contribution in [0.3, 0.4) is 0 Å². The fourth-order valence-electron chi connectivity index (χ4n) is 1.83. The second-order valence-corrected chi connectivity index (χ2v) is 5.22. The van der Waals surface area contributed by atoms with Gasteiger partial charge >= 0.3 is 0 Å². The van der Waals surface area contributed by atoms with E-state index in [1.165, 1.54) is 29.5 Å². The van der Waals surface area contributed by atoms with Gasteiger partial charge in [-0.05, 0) is 6.07 Å². The Morgan fingerprint density at radius 2 is 1.96 bits per heavy atom. The number of nitrogens with one attached hydrogen (secondary N) is 1. The van der Waals surface area contributed by atoms with Crippen LogP contribution in [0.2, 0.25) is 10.0 Å². The van der Waals surface area contributed by atoms with Crippen LogP contribution in [0.4, 0.5) is 11.5 Å². The highest BCUT2D eigenvalue weighted by Gasteiger charge is 2.13. The minimum Gasteiger partial charge on any atom is -0.364 e. The first-order valence-corrected chi connectivity index (χ1v) is 7.04. The number of carbonyl (C=O) groups is 1. The van der Waals surface area contributed by atoms with Crippen LogP contribution in [0, 0.1) is 0 Å². The van der Waals surface area contributed by atoms with Crippen LogP contribution in [0.25, 0.3) is 5.82 Å². The SMILES string of the molecule is NC(=O)c1nccnc1Nc1cnn(-c2ncc(Cl)cc2Cl)c1. The van der Waals surface area contributed by atoms with Gasteiger partial charge in [0.1, 0.15) is 0 Å². The molecule has 0 aliphatic carbocycles. The van der Waals surface area contributed by atoms with Crippen LogP contribution in [0.5, 0.6) is 0 Å². The van der Waals surface area contributed by atoms with Crippen LogP contribution < -0.4 is 11.1 Å². The van der Waals surface area contributed by atoms with Gasteiger partial charge in [-0.15, -0.1) is 0 Å². The number of amides is 1. The third-order valence-electron chi connectivity index (χ3n) is 2.78. The molecule has 23 heavy (non-hydrogen) atoms. The Hall–Kier alpha value is -2.71. The largest absolute Gasteiger partial charge is 0.364 e. The third kappa shape index (κ3) is 3.22. The Morgan fingerprint density at radius 3 is 2.70 bits per heavy atom. The molecule has 3 N–H and O–H groups in total. The van der Waals surface area contributed by atoms with Gasteiger partial charge in [-0.25, -0.2) is 19.6 Å². The van der Waals surface area contributed by atoms with Gasteiger partial charge in [-0.1, -0.05) is 23.2 Å². The molecule has 0 radical (unpaired) electrons. The molecule has 0 spiro atoms. The lowest BCUT2D eigenvalue weighted by atomic mass is 10.3. The molecule has 0 aromatic carbocycles. The van der Waals surface area contributed by atoms with Gasteiger partial charge in [-0.3, -0.25) is 4.79 Å². The molecule has 0 aliphatic heterocycles. The number of carbonyl (C=O) groups excluding carboxylic acids is 1. The fraction of sp³-hybridized carbons (Fsp3) is 0. The first-order chi connectivity index (χ1) is 11.0. The predicted molar refractivity (Wildman–Crippen MR) is 85.2 cm³/mol. The highest BCUT2D eigenvalue weighted by atomic mass is 35.5. The highest BCUT2D eigenvalue weighted by molar-refractivity contribution is 6.35.